The molecule has 0 unspecified atom stereocenters. The summed E-state index contributed by atoms with van der Waals surface area (Å²) in [4.78, 5) is 13.1. The van der Waals surface area contributed by atoms with E-state index >= 15 is 0 Å². The van der Waals surface area contributed by atoms with Crippen molar-refractivity contribution < 1.29 is 4.74 Å². The minimum atomic E-state index is -0.000564. The Bertz CT molecular complexity index is 2490. The van der Waals surface area contributed by atoms with Crippen LogP contribution in [0.2, 0.25) is 0 Å². The van der Waals surface area contributed by atoms with Crippen LogP contribution < -0.4 is 4.74 Å². The van der Waals surface area contributed by atoms with E-state index in [-0.39, 0.29) is 5.41 Å². The third-order valence-electron chi connectivity index (χ3n) is 8.30. The first-order valence-electron chi connectivity index (χ1n) is 14.6. The molecule has 0 aliphatic rings. The quantitative estimate of drug-likeness (QED) is 0.156. The monoisotopic (exact) mass is 572 g/mol. The number of ether oxygens (including phenoxy) is 1. The molecule has 0 saturated heterocycles. The maximum absolute atomic E-state index is 7.47. The van der Waals surface area contributed by atoms with Crippen LogP contribution >= 0.6 is 0 Å². The topological polar surface area (TPSA) is 61.6 Å². The number of benzene rings is 4. The molecule has 0 amide bonds. The van der Waals surface area contributed by atoms with Crippen LogP contribution in [0, 0.1) is 13.5 Å². The fourth-order valence-corrected chi connectivity index (χ4v) is 6.16. The highest BCUT2D eigenvalue weighted by Gasteiger charge is 2.19. The van der Waals surface area contributed by atoms with Crippen LogP contribution in [0.3, 0.4) is 0 Å². The molecule has 8 rings (SSSR count). The Labute approximate surface area is 253 Å². The van der Waals surface area contributed by atoms with Gasteiger partial charge in [0.1, 0.15) is 23.1 Å². The second kappa shape index (κ2) is 9.38. The Morgan fingerprint density at radius 1 is 0.727 bits per heavy atom. The number of aromatic nitrogens is 5. The molecule has 7 nitrogen and oxygen atoms in total. The summed E-state index contributed by atoms with van der Waals surface area (Å²) in [5.74, 6) is 2.96. The lowest BCUT2D eigenvalue weighted by molar-refractivity contribution is 0.484. The van der Waals surface area contributed by atoms with Crippen LogP contribution in [0.5, 0.6) is 11.5 Å². The lowest BCUT2D eigenvalue weighted by Crippen LogP contribution is -2.12. The molecule has 4 aromatic heterocycles. The number of pyridine rings is 2. The van der Waals surface area contributed by atoms with E-state index in [1.165, 1.54) is 10.9 Å². The highest BCUT2D eigenvalue weighted by molar-refractivity contribution is 6.13. The van der Waals surface area contributed by atoms with Gasteiger partial charge in [-0.15, -0.1) is 0 Å². The van der Waals surface area contributed by atoms with E-state index in [1.54, 1.807) is 0 Å². The number of hydrogen-bond donors (Lipinski definition) is 0. The van der Waals surface area contributed by atoms with Crippen molar-refractivity contribution in [2.75, 3.05) is 0 Å². The van der Waals surface area contributed by atoms with Crippen LogP contribution in [0.25, 0.3) is 59.8 Å². The second-order valence-electron chi connectivity index (χ2n) is 12.2. The molecule has 0 saturated carbocycles. The fourth-order valence-electron chi connectivity index (χ4n) is 6.16. The molecule has 0 spiro atoms. The smallest absolute Gasteiger partial charge is 0.188 e. The molecule has 4 aromatic carbocycles. The van der Waals surface area contributed by atoms with Gasteiger partial charge < -0.3 is 4.74 Å². The van der Waals surface area contributed by atoms with Gasteiger partial charge >= 0.3 is 0 Å². The number of para-hydroxylation sites is 1. The highest BCUT2D eigenvalue weighted by atomic mass is 16.5. The van der Waals surface area contributed by atoms with Crippen molar-refractivity contribution in [2.45, 2.75) is 33.1 Å². The van der Waals surface area contributed by atoms with Gasteiger partial charge in [0.2, 0.25) is 0 Å². The summed E-state index contributed by atoms with van der Waals surface area (Å²) in [6, 6.07) is 30.7. The number of hydrogen-bond acceptors (Lipinski definition) is 4. The Morgan fingerprint density at radius 3 is 2.20 bits per heavy atom. The molecule has 0 radical (unpaired) electrons. The van der Waals surface area contributed by atoms with Crippen LogP contribution in [-0.4, -0.2) is 24.1 Å². The minimum Gasteiger partial charge on any atom is -0.457 e. The number of fused-ring (bicyclic) bond motifs is 9. The molecule has 44 heavy (non-hydrogen) atoms. The first-order valence-corrected chi connectivity index (χ1v) is 14.6. The van der Waals surface area contributed by atoms with E-state index in [1.807, 2.05) is 54.0 Å². The Kier molecular flexibility index (Phi) is 5.53. The first kappa shape index (κ1) is 25.9. The number of rotatable bonds is 3. The molecule has 8 aromatic rings. The molecule has 0 aliphatic heterocycles. The maximum atomic E-state index is 7.47. The lowest BCUT2D eigenvalue weighted by Gasteiger charge is -2.20. The van der Waals surface area contributed by atoms with Crippen LogP contribution in [0.15, 0.2) is 97.2 Å². The van der Waals surface area contributed by atoms with E-state index in [0.29, 0.717) is 17.3 Å². The number of nitrogens with zero attached hydrogens (tertiary/aromatic N) is 6. The van der Waals surface area contributed by atoms with E-state index < -0.39 is 0 Å². The molecule has 0 aliphatic carbocycles. The molecular formula is C37H28N6O. The summed E-state index contributed by atoms with van der Waals surface area (Å²) in [5.41, 5.74) is 5.54. The molecule has 0 N–H and O–H groups in total. The van der Waals surface area contributed by atoms with Crippen molar-refractivity contribution in [3.8, 4) is 17.3 Å². The predicted octanol–water partition coefficient (Wildman–Crippen LogP) is 9.48. The SMILES string of the molecule is [C-]#[N+]c1ccc2c3ccc(Oc4ccc5c6ccccc6n(-c6cc(C(C)(C)C)ccn6)c5c4)cc3n3nc(C)nc3c2c1. The van der Waals surface area contributed by atoms with Crippen molar-refractivity contribution in [3.63, 3.8) is 0 Å². The minimum absolute atomic E-state index is 0.000564. The van der Waals surface area contributed by atoms with Crippen LogP contribution in [0.4, 0.5) is 5.69 Å². The van der Waals surface area contributed by atoms with Gasteiger partial charge in [0, 0.05) is 39.9 Å². The zero-order valence-electron chi connectivity index (χ0n) is 24.8. The largest absolute Gasteiger partial charge is 0.457 e. The van der Waals surface area contributed by atoms with Crippen molar-refractivity contribution in [1.29, 1.82) is 0 Å². The average molecular weight is 573 g/mol. The van der Waals surface area contributed by atoms with Gasteiger partial charge in [0.15, 0.2) is 11.3 Å². The van der Waals surface area contributed by atoms with Gasteiger partial charge in [0.05, 0.1) is 23.1 Å². The Balaban J connectivity index is 1.29. The van der Waals surface area contributed by atoms with Gasteiger partial charge in [0.25, 0.3) is 0 Å². The third kappa shape index (κ3) is 3.99. The standard InChI is InChI=1S/C37H28N6O/c1-22-40-36-31-19-24(38-5)10-13-27(31)29-14-11-26(21-34(29)43(36)41-22)44-25-12-15-30-28-8-6-7-9-32(28)42(33(30)20-25)35-18-23(16-17-39-35)37(2,3)4/h6-21H,1-4H3. The molecule has 4 heterocycles. The van der Waals surface area contributed by atoms with Gasteiger partial charge in [-0.25, -0.2) is 19.3 Å². The van der Waals surface area contributed by atoms with Gasteiger partial charge in [-0.3, -0.25) is 4.57 Å². The summed E-state index contributed by atoms with van der Waals surface area (Å²) in [6.45, 7) is 16.0. The summed E-state index contributed by atoms with van der Waals surface area (Å²) in [7, 11) is 0. The molecule has 0 atom stereocenters. The van der Waals surface area contributed by atoms with Crippen molar-refractivity contribution in [2.24, 2.45) is 0 Å². The Hall–Kier alpha value is -5.74. The molecule has 212 valence electrons. The van der Waals surface area contributed by atoms with Crippen molar-refractivity contribution in [3.05, 3.63) is 120 Å². The third-order valence-corrected chi connectivity index (χ3v) is 8.30. The van der Waals surface area contributed by atoms with Crippen molar-refractivity contribution in [1.82, 2.24) is 24.1 Å². The van der Waals surface area contributed by atoms with E-state index in [9.17, 15) is 0 Å². The molecular weight excluding hydrogens is 544 g/mol. The van der Waals surface area contributed by atoms with Crippen molar-refractivity contribution >= 4 is 54.8 Å². The summed E-state index contributed by atoms with van der Waals surface area (Å²) < 4.78 is 10.6. The Morgan fingerprint density at radius 2 is 1.43 bits per heavy atom. The molecule has 7 heteroatoms. The van der Waals surface area contributed by atoms with E-state index in [2.05, 4.69) is 84.8 Å². The molecule has 0 bridgehead atoms. The van der Waals surface area contributed by atoms with E-state index in [0.717, 1.165) is 55.3 Å². The maximum Gasteiger partial charge on any atom is 0.188 e. The average Bonchev–Trinajstić information content (AvgIpc) is 3.58. The summed E-state index contributed by atoms with van der Waals surface area (Å²) in [6.07, 6.45) is 1.89. The predicted molar refractivity (Wildman–Crippen MR) is 176 cm³/mol. The highest BCUT2D eigenvalue weighted by Crippen LogP contribution is 2.37. The summed E-state index contributed by atoms with van der Waals surface area (Å²) >= 11 is 0. The fraction of sp³-hybridized carbons (Fsp3) is 0.135. The van der Waals surface area contributed by atoms with Crippen LogP contribution in [0.1, 0.15) is 32.2 Å². The van der Waals surface area contributed by atoms with E-state index in [4.69, 9.17) is 26.4 Å². The zero-order valence-corrected chi connectivity index (χ0v) is 24.8. The van der Waals surface area contributed by atoms with Gasteiger partial charge in [-0.05, 0) is 71.8 Å². The second-order valence-corrected chi connectivity index (χ2v) is 12.2. The van der Waals surface area contributed by atoms with Gasteiger partial charge in [-0.2, -0.15) is 5.10 Å². The zero-order chi connectivity index (χ0) is 30.2. The lowest BCUT2D eigenvalue weighted by atomic mass is 9.88. The first-order chi connectivity index (χ1) is 21.3. The molecule has 0 fully saturated rings. The van der Waals surface area contributed by atoms with Gasteiger partial charge in [-0.1, -0.05) is 51.1 Å². The normalized spacial score (nSPS) is 12.1. The summed E-state index contributed by atoms with van der Waals surface area (Å²) in [5, 5.41) is 9.94. The van der Waals surface area contributed by atoms with Crippen LogP contribution in [-0.2, 0) is 5.41 Å². The number of aryl methyl sites for hydroxylation is 1.